The highest BCUT2D eigenvalue weighted by Crippen LogP contribution is 2.28. The molecule has 1 aliphatic carbocycles. The summed E-state index contributed by atoms with van der Waals surface area (Å²) in [5.41, 5.74) is -2.22. The first-order valence-electron chi connectivity index (χ1n) is 10.6. The van der Waals surface area contributed by atoms with Crippen molar-refractivity contribution in [3.05, 3.63) is 0 Å². The molecule has 0 atom stereocenters. The summed E-state index contributed by atoms with van der Waals surface area (Å²) in [7, 11) is 0. The third kappa shape index (κ3) is 14.5. The van der Waals surface area contributed by atoms with Crippen molar-refractivity contribution in [1.29, 1.82) is 0 Å². The third-order valence-corrected chi connectivity index (χ3v) is 3.45. The van der Waals surface area contributed by atoms with Crippen molar-refractivity contribution >= 4 is 18.5 Å². The first kappa shape index (κ1) is 28.7. The molecule has 1 aliphatic rings. The molecule has 1 saturated carbocycles. The van der Waals surface area contributed by atoms with Crippen molar-refractivity contribution in [1.82, 2.24) is 0 Å². The lowest BCUT2D eigenvalue weighted by Crippen LogP contribution is -2.40. The van der Waals surface area contributed by atoms with E-state index in [1.54, 1.807) is 62.3 Å². The molecule has 0 radical (unpaired) electrons. The third-order valence-electron chi connectivity index (χ3n) is 3.45. The molecule has 0 amide bonds. The predicted molar refractivity (Wildman–Crippen MR) is 110 cm³/mol. The van der Waals surface area contributed by atoms with Gasteiger partial charge in [-0.3, -0.25) is 14.7 Å². The average molecular weight is 481 g/mol. The van der Waals surface area contributed by atoms with Gasteiger partial charge in [0.2, 0.25) is 0 Å². The van der Waals surface area contributed by atoms with Crippen LogP contribution in [-0.4, -0.2) is 53.6 Å². The van der Waals surface area contributed by atoms with E-state index in [2.05, 4.69) is 14.7 Å². The van der Waals surface area contributed by atoms with E-state index in [9.17, 15) is 14.4 Å². The van der Waals surface area contributed by atoms with E-state index in [0.29, 0.717) is 0 Å². The van der Waals surface area contributed by atoms with Crippen LogP contribution in [0.4, 0.5) is 14.4 Å². The molecule has 0 aromatic carbocycles. The van der Waals surface area contributed by atoms with Crippen LogP contribution in [0.3, 0.4) is 0 Å². The highest BCUT2D eigenvalue weighted by atomic mass is 17.2. The molecule has 0 aliphatic heterocycles. The molecule has 0 N–H and O–H groups in total. The molecule has 192 valence electrons. The molecule has 0 spiro atoms. The fraction of sp³-hybridized carbons (Fsp3) is 0.857. The summed E-state index contributed by atoms with van der Waals surface area (Å²) in [6.45, 7) is 15.2. The summed E-state index contributed by atoms with van der Waals surface area (Å²) < 4.78 is 15.7. The molecule has 12 nitrogen and oxygen atoms in total. The van der Waals surface area contributed by atoms with Gasteiger partial charge < -0.3 is 14.2 Å². The van der Waals surface area contributed by atoms with Gasteiger partial charge in [0.05, 0.1) is 0 Å². The van der Waals surface area contributed by atoms with E-state index in [-0.39, 0.29) is 19.3 Å². The molecule has 0 aromatic heterocycles. The number of hydrogen-bond acceptors (Lipinski definition) is 12. The van der Waals surface area contributed by atoms with Crippen molar-refractivity contribution < 1.29 is 57.9 Å². The molecule has 0 unspecified atom stereocenters. The van der Waals surface area contributed by atoms with Gasteiger partial charge in [0.25, 0.3) is 0 Å². The molecule has 33 heavy (non-hydrogen) atoms. The maximum atomic E-state index is 12.0. The predicted octanol–water partition coefficient (Wildman–Crippen LogP) is 4.93. The fourth-order valence-corrected chi connectivity index (χ4v) is 2.40. The Balaban J connectivity index is 2.74. The van der Waals surface area contributed by atoms with E-state index in [1.165, 1.54) is 0 Å². The topological polar surface area (TPSA) is 134 Å². The summed E-state index contributed by atoms with van der Waals surface area (Å²) >= 11 is 0. The summed E-state index contributed by atoms with van der Waals surface area (Å²) in [6, 6.07) is 0. The first-order valence-corrected chi connectivity index (χ1v) is 10.6. The number of ether oxygens (including phenoxy) is 3. The average Bonchev–Trinajstić information content (AvgIpc) is 2.61. The summed E-state index contributed by atoms with van der Waals surface area (Å²) in [5.74, 6) is 0. The zero-order chi connectivity index (χ0) is 25.4. The molecule has 12 heteroatoms. The van der Waals surface area contributed by atoms with Crippen LogP contribution in [0.15, 0.2) is 0 Å². The number of rotatable bonds is 6. The minimum Gasteiger partial charge on any atom is -0.429 e. The Kier molecular flexibility index (Phi) is 10.2. The van der Waals surface area contributed by atoms with Crippen LogP contribution in [-0.2, 0) is 43.5 Å². The lowest BCUT2D eigenvalue weighted by Gasteiger charge is -2.33. The van der Waals surface area contributed by atoms with E-state index >= 15 is 0 Å². The van der Waals surface area contributed by atoms with Crippen LogP contribution in [0.2, 0.25) is 0 Å². The van der Waals surface area contributed by atoms with Gasteiger partial charge in [-0.15, -0.1) is 0 Å². The number of carbonyl (C=O) groups is 3. The number of carbonyl (C=O) groups excluding carboxylic acids is 3. The van der Waals surface area contributed by atoms with Gasteiger partial charge >= 0.3 is 18.5 Å². The van der Waals surface area contributed by atoms with E-state index in [4.69, 9.17) is 28.9 Å². The van der Waals surface area contributed by atoms with Gasteiger partial charge in [0, 0.05) is 19.3 Å². The van der Waals surface area contributed by atoms with Crippen LogP contribution in [0.1, 0.15) is 81.6 Å². The molecule has 0 saturated heterocycles. The fourth-order valence-electron chi connectivity index (χ4n) is 2.40. The van der Waals surface area contributed by atoms with Crippen LogP contribution in [0.5, 0.6) is 0 Å². The molecule has 1 fully saturated rings. The molecular formula is C21H36O12. The monoisotopic (exact) mass is 480 g/mol. The maximum absolute atomic E-state index is 12.0. The van der Waals surface area contributed by atoms with Gasteiger partial charge in [-0.2, -0.15) is 14.7 Å². The summed E-state index contributed by atoms with van der Waals surface area (Å²) in [5, 5.41) is 0. The molecule has 1 rings (SSSR count). The van der Waals surface area contributed by atoms with Crippen molar-refractivity contribution in [3.63, 3.8) is 0 Å². The minimum atomic E-state index is -1.09. The second-order valence-corrected chi connectivity index (χ2v) is 10.5. The van der Waals surface area contributed by atoms with Crippen LogP contribution in [0, 0.1) is 0 Å². The zero-order valence-electron chi connectivity index (χ0n) is 20.8. The molecule has 0 aromatic rings. The van der Waals surface area contributed by atoms with Crippen LogP contribution < -0.4 is 0 Å². The lowest BCUT2D eigenvalue weighted by atomic mass is 9.92. The van der Waals surface area contributed by atoms with Gasteiger partial charge in [-0.05, 0) is 62.3 Å². The highest BCUT2D eigenvalue weighted by molar-refractivity contribution is 5.60. The van der Waals surface area contributed by atoms with Crippen LogP contribution in [0.25, 0.3) is 0 Å². The Labute approximate surface area is 193 Å². The second-order valence-electron chi connectivity index (χ2n) is 10.5. The van der Waals surface area contributed by atoms with E-state index in [1.807, 2.05) is 0 Å². The minimum absolute atomic E-state index is 0.0998. The van der Waals surface area contributed by atoms with Gasteiger partial charge in [-0.1, -0.05) is 0 Å². The standard InChI is InChI=1S/C21H36O12/c1-19(2,3)31-28-16(22)25-13-10-14(26-17(23)29-32-20(4,5)6)12-15(11-13)27-18(24)30-33-21(7,8)9/h13-15H,10-12H2,1-9H3. The lowest BCUT2D eigenvalue weighted by molar-refractivity contribution is -0.320. The number of hydrogen-bond donors (Lipinski definition) is 0. The summed E-state index contributed by atoms with van der Waals surface area (Å²) in [4.78, 5) is 64.6. The largest absolute Gasteiger partial charge is 0.540 e. The molecule has 0 bridgehead atoms. The van der Waals surface area contributed by atoms with Gasteiger partial charge in [-0.25, -0.2) is 14.4 Å². The van der Waals surface area contributed by atoms with Crippen LogP contribution >= 0.6 is 0 Å². The Hall–Kier alpha value is -2.31. The highest BCUT2D eigenvalue weighted by Gasteiger charge is 2.37. The molecular weight excluding hydrogens is 444 g/mol. The van der Waals surface area contributed by atoms with Gasteiger partial charge in [0.1, 0.15) is 35.1 Å². The Morgan fingerprint density at radius 1 is 0.485 bits per heavy atom. The second kappa shape index (κ2) is 11.7. The van der Waals surface area contributed by atoms with E-state index in [0.717, 1.165) is 0 Å². The van der Waals surface area contributed by atoms with Gasteiger partial charge in [0.15, 0.2) is 0 Å². The smallest absolute Gasteiger partial charge is 0.429 e. The Morgan fingerprint density at radius 3 is 0.879 bits per heavy atom. The summed E-state index contributed by atoms with van der Waals surface area (Å²) in [6.07, 6.45) is -5.44. The van der Waals surface area contributed by atoms with E-state index < -0.39 is 53.6 Å². The Bertz CT molecular complexity index is 559. The van der Waals surface area contributed by atoms with Crippen molar-refractivity contribution in [2.45, 2.75) is 117 Å². The SMILES string of the molecule is CC(C)(C)OOC(=O)OC1CC(OC(=O)OOC(C)(C)C)CC(OC(=O)OOC(C)(C)C)C1. The normalized spacial score (nSPS) is 21.5. The maximum Gasteiger partial charge on any atom is 0.540 e. The van der Waals surface area contributed by atoms with Crippen molar-refractivity contribution in [2.75, 3.05) is 0 Å². The molecule has 0 heterocycles. The Morgan fingerprint density at radius 2 is 0.697 bits per heavy atom. The van der Waals surface area contributed by atoms with Crippen molar-refractivity contribution in [2.24, 2.45) is 0 Å². The zero-order valence-corrected chi connectivity index (χ0v) is 20.8. The first-order chi connectivity index (χ1) is 14.9. The quantitative estimate of drug-likeness (QED) is 0.221. The van der Waals surface area contributed by atoms with Crippen molar-refractivity contribution in [3.8, 4) is 0 Å².